The van der Waals surface area contributed by atoms with E-state index in [-0.39, 0.29) is 0 Å². The Labute approximate surface area is 121 Å². The predicted octanol–water partition coefficient (Wildman–Crippen LogP) is 4.53. The normalized spacial score (nSPS) is 12.2. The Bertz CT molecular complexity index is 491. The van der Waals surface area contributed by atoms with Crippen LogP contribution in [0.25, 0.3) is 0 Å². The van der Waals surface area contributed by atoms with Crippen molar-refractivity contribution in [1.29, 1.82) is 0 Å². The fourth-order valence-electron chi connectivity index (χ4n) is 1.63. The monoisotopic (exact) mass is 354 g/mol. The quantitative estimate of drug-likeness (QED) is 0.818. The first kappa shape index (κ1) is 13.4. The third-order valence-corrected chi connectivity index (χ3v) is 3.42. The molecule has 18 heavy (non-hydrogen) atoms. The van der Waals surface area contributed by atoms with Crippen molar-refractivity contribution in [3.63, 3.8) is 0 Å². The lowest BCUT2D eigenvalue weighted by molar-refractivity contribution is 0.173. The van der Waals surface area contributed by atoms with Crippen LogP contribution in [0, 0.1) is 3.57 Å². The van der Waals surface area contributed by atoms with E-state index in [0.29, 0.717) is 0 Å². The van der Waals surface area contributed by atoms with E-state index in [1.54, 1.807) is 0 Å². The van der Waals surface area contributed by atoms with Crippen LogP contribution in [0.4, 0.5) is 0 Å². The van der Waals surface area contributed by atoms with Crippen molar-refractivity contribution < 1.29 is 9.84 Å². The summed E-state index contributed by atoms with van der Waals surface area (Å²) in [6.45, 7) is 1.96. The highest BCUT2D eigenvalue weighted by atomic mass is 127. The Balaban J connectivity index is 2.08. The van der Waals surface area contributed by atoms with Crippen LogP contribution in [-0.2, 0) is 0 Å². The maximum atomic E-state index is 9.70. The highest BCUT2D eigenvalue weighted by Crippen LogP contribution is 2.24. The third kappa shape index (κ3) is 3.46. The Morgan fingerprint density at radius 2 is 1.50 bits per heavy atom. The van der Waals surface area contributed by atoms with E-state index >= 15 is 0 Å². The standard InChI is InChI=1S/C15H15IO2/c1-2-15(17)11-3-7-13(8-4-11)18-14-9-5-12(16)6-10-14/h3-10,15,17H,2H2,1H3/t15-/m0/s1. The number of hydrogen-bond acceptors (Lipinski definition) is 2. The molecule has 0 saturated carbocycles. The zero-order chi connectivity index (χ0) is 13.0. The van der Waals surface area contributed by atoms with Gasteiger partial charge in [0.15, 0.2) is 0 Å². The maximum absolute atomic E-state index is 9.70. The van der Waals surface area contributed by atoms with Gasteiger partial charge in [-0.1, -0.05) is 19.1 Å². The molecule has 2 aromatic rings. The summed E-state index contributed by atoms with van der Waals surface area (Å²) in [7, 11) is 0. The largest absolute Gasteiger partial charge is 0.457 e. The third-order valence-electron chi connectivity index (χ3n) is 2.70. The molecule has 0 amide bonds. The predicted molar refractivity (Wildman–Crippen MR) is 80.9 cm³/mol. The first-order chi connectivity index (χ1) is 8.69. The van der Waals surface area contributed by atoms with Crippen molar-refractivity contribution in [2.75, 3.05) is 0 Å². The van der Waals surface area contributed by atoms with E-state index in [1.807, 2.05) is 55.5 Å². The molecule has 1 atom stereocenters. The van der Waals surface area contributed by atoms with Gasteiger partial charge >= 0.3 is 0 Å². The molecule has 2 aromatic carbocycles. The molecule has 0 radical (unpaired) electrons. The van der Waals surface area contributed by atoms with Crippen molar-refractivity contribution in [2.45, 2.75) is 19.4 Å². The zero-order valence-corrected chi connectivity index (χ0v) is 12.3. The van der Waals surface area contributed by atoms with Crippen LogP contribution in [0.15, 0.2) is 48.5 Å². The number of aliphatic hydroxyl groups is 1. The van der Waals surface area contributed by atoms with Crippen LogP contribution in [0.1, 0.15) is 25.0 Å². The molecule has 94 valence electrons. The molecule has 2 rings (SSSR count). The number of ether oxygens (including phenoxy) is 1. The molecular formula is C15H15IO2. The summed E-state index contributed by atoms with van der Waals surface area (Å²) in [5.41, 5.74) is 0.924. The van der Waals surface area contributed by atoms with E-state index < -0.39 is 6.10 Å². The van der Waals surface area contributed by atoms with E-state index in [4.69, 9.17) is 4.74 Å². The first-order valence-corrected chi connectivity index (χ1v) is 6.98. The van der Waals surface area contributed by atoms with Crippen LogP contribution >= 0.6 is 22.6 Å². The molecule has 0 bridgehead atoms. The Kier molecular flexibility index (Phi) is 4.60. The minimum atomic E-state index is -0.391. The number of rotatable bonds is 4. The average molecular weight is 354 g/mol. The second kappa shape index (κ2) is 6.20. The molecular weight excluding hydrogens is 339 g/mol. The van der Waals surface area contributed by atoms with Gasteiger partial charge in [-0.2, -0.15) is 0 Å². The van der Waals surface area contributed by atoms with Crippen molar-refractivity contribution >= 4 is 22.6 Å². The molecule has 1 N–H and O–H groups in total. The number of hydrogen-bond donors (Lipinski definition) is 1. The smallest absolute Gasteiger partial charge is 0.127 e. The molecule has 0 unspecified atom stereocenters. The van der Waals surface area contributed by atoms with Crippen LogP contribution in [0.3, 0.4) is 0 Å². The molecule has 3 heteroatoms. The number of halogens is 1. The van der Waals surface area contributed by atoms with Crippen LogP contribution < -0.4 is 4.74 Å². The van der Waals surface area contributed by atoms with Gasteiger partial charge in [-0.05, 0) is 71.0 Å². The SMILES string of the molecule is CC[C@H](O)c1ccc(Oc2ccc(I)cc2)cc1. The lowest BCUT2D eigenvalue weighted by Crippen LogP contribution is -1.94. The first-order valence-electron chi connectivity index (χ1n) is 5.90. The highest BCUT2D eigenvalue weighted by Gasteiger charge is 2.04. The Morgan fingerprint density at radius 3 is 2.00 bits per heavy atom. The topological polar surface area (TPSA) is 29.5 Å². The minimum absolute atomic E-state index is 0.391. The van der Waals surface area contributed by atoms with E-state index in [1.165, 1.54) is 3.57 Å². The number of aliphatic hydroxyl groups excluding tert-OH is 1. The molecule has 0 spiro atoms. The fourth-order valence-corrected chi connectivity index (χ4v) is 1.99. The van der Waals surface area contributed by atoms with E-state index in [9.17, 15) is 5.11 Å². The fraction of sp³-hybridized carbons (Fsp3) is 0.200. The number of benzene rings is 2. The second-order valence-corrected chi connectivity index (χ2v) is 5.29. The Morgan fingerprint density at radius 1 is 1.00 bits per heavy atom. The van der Waals surface area contributed by atoms with Gasteiger partial charge < -0.3 is 9.84 Å². The molecule has 0 aliphatic rings. The molecule has 2 nitrogen and oxygen atoms in total. The molecule has 0 saturated heterocycles. The summed E-state index contributed by atoms with van der Waals surface area (Å²) in [6.07, 6.45) is 0.328. The van der Waals surface area contributed by atoms with Crippen molar-refractivity contribution in [3.05, 3.63) is 57.7 Å². The highest BCUT2D eigenvalue weighted by molar-refractivity contribution is 14.1. The van der Waals surface area contributed by atoms with Crippen LogP contribution in [0.2, 0.25) is 0 Å². The van der Waals surface area contributed by atoms with Crippen LogP contribution in [0.5, 0.6) is 11.5 Å². The minimum Gasteiger partial charge on any atom is -0.457 e. The molecule has 0 aliphatic carbocycles. The van der Waals surface area contributed by atoms with E-state index in [0.717, 1.165) is 23.5 Å². The van der Waals surface area contributed by atoms with Gasteiger partial charge in [-0.15, -0.1) is 0 Å². The van der Waals surface area contributed by atoms with Gasteiger partial charge in [0.1, 0.15) is 11.5 Å². The van der Waals surface area contributed by atoms with Gasteiger partial charge in [-0.3, -0.25) is 0 Å². The molecule has 0 heterocycles. The summed E-state index contributed by atoms with van der Waals surface area (Å²) < 4.78 is 6.90. The maximum Gasteiger partial charge on any atom is 0.127 e. The summed E-state index contributed by atoms with van der Waals surface area (Å²) in [4.78, 5) is 0. The lowest BCUT2D eigenvalue weighted by Gasteiger charge is -2.10. The molecule has 0 aromatic heterocycles. The summed E-state index contributed by atoms with van der Waals surface area (Å²) in [5.74, 6) is 1.60. The lowest BCUT2D eigenvalue weighted by atomic mass is 10.1. The van der Waals surface area contributed by atoms with Gasteiger partial charge in [-0.25, -0.2) is 0 Å². The van der Waals surface area contributed by atoms with Crippen molar-refractivity contribution in [2.24, 2.45) is 0 Å². The molecule has 0 fully saturated rings. The van der Waals surface area contributed by atoms with Gasteiger partial charge in [0.05, 0.1) is 6.10 Å². The van der Waals surface area contributed by atoms with Gasteiger partial charge in [0, 0.05) is 3.57 Å². The van der Waals surface area contributed by atoms with Crippen molar-refractivity contribution in [1.82, 2.24) is 0 Å². The average Bonchev–Trinajstić information content (AvgIpc) is 2.41. The Hall–Kier alpha value is -1.07. The molecule has 0 aliphatic heterocycles. The second-order valence-electron chi connectivity index (χ2n) is 4.05. The van der Waals surface area contributed by atoms with Crippen molar-refractivity contribution in [3.8, 4) is 11.5 Å². The zero-order valence-electron chi connectivity index (χ0n) is 10.1. The van der Waals surface area contributed by atoms with E-state index in [2.05, 4.69) is 22.6 Å². The summed E-state index contributed by atoms with van der Waals surface area (Å²) in [5, 5.41) is 9.70. The van der Waals surface area contributed by atoms with Gasteiger partial charge in [0.2, 0.25) is 0 Å². The van der Waals surface area contributed by atoms with Gasteiger partial charge in [0.25, 0.3) is 0 Å². The van der Waals surface area contributed by atoms with Crippen LogP contribution in [-0.4, -0.2) is 5.11 Å². The summed E-state index contributed by atoms with van der Waals surface area (Å²) in [6, 6.07) is 15.5. The summed E-state index contributed by atoms with van der Waals surface area (Å²) >= 11 is 2.26.